The van der Waals surface area contributed by atoms with Crippen LogP contribution in [0.25, 0.3) is 0 Å². The van der Waals surface area contributed by atoms with E-state index in [9.17, 15) is 9.36 Å². The van der Waals surface area contributed by atoms with Gasteiger partial charge in [0.05, 0.1) is 0 Å². The fourth-order valence-corrected chi connectivity index (χ4v) is 3.84. The Bertz CT molecular complexity index is 409. The molecule has 0 radical (unpaired) electrons. The SMILES string of the molecule is COP(=O)(CC(=O)CCC(C)CCO[Si](C)(C)C(C)(C)C)OC. The van der Waals surface area contributed by atoms with E-state index >= 15 is 0 Å². The summed E-state index contributed by atoms with van der Waals surface area (Å²) in [6.45, 7) is 14.0. The normalized spacial score (nSPS) is 14.8. The second-order valence-electron chi connectivity index (χ2n) is 7.71. The van der Waals surface area contributed by atoms with E-state index in [4.69, 9.17) is 13.5 Å². The molecule has 5 nitrogen and oxygen atoms in total. The predicted octanol–water partition coefficient (Wildman–Crippen LogP) is 4.87. The van der Waals surface area contributed by atoms with Crippen molar-refractivity contribution >= 4 is 21.7 Å². The summed E-state index contributed by atoms with van der Waals surface area (Å²) < 4.78 is 27.6. The van der Waals surface area contributed by atoms with Crippen LogP contribution in [0.4, 0.5) is 0 Å². The van der Waals surface area contributed by atoms with Crippen LogP contribution in [0.15, 0.2) is 0 Å². The monoisotopic (exact) mass is 366 g/mol. The average molecular weight is 367 g/mol. The minimum atomic E-state index is -3.23. The first-order valence-corrected chi connectivity index (χ1v) is 12.9. The first kappa shape index (κ1) is 23.0. The lowest BCUT2D eigenvalue weighted by atomic mass is 10.0. The highest BCUT2D eigenvalue weighted by Gasteiger charge is 2.36. The molecule has 0 N–H and O–H groups in total. The summed E-state index contributed by atoms with van der Waals surface area (Å²) in [5.41, 5.74) is 0. The van der Waals surface area contributed by atoms with Crippen molar-refractivity contribution in [3.8, 4) is 0 Å². The van der Waals surface area contributed by atoms with E-state index in [2.05, 4.69) is 40.8 Å². The molecule has 7 heteroatoms. The van der Waals surface area contributed by atoms with Gasteiger partial charge in [0.1, 0.15) is 11.9 Å². The highest BCUT2D eigenvalue weighted by molar-refractivity contribution is 7.54. The van der Waals surface area contributed by atoms with Gasteiger partial charge in [-0.05, 0) is 36.9 Å². The highest BCUT2D eigenvalue weighted by atomic mass is 31.2. The second kappa shape index (κ2) is 9.47. The van der Waals surface area contributed by atoms with Crippen LogP contribution in [0.5, 0.6) is 0 Å². The molecule has 0 spiro atoms. The lowest BCUT2D eigenvalue weighted by Gasteiger charge is -2.36. The molecule has 0 aliphatic heterocycles. The zero-order valence-electron chi connectivity index (χ0n) is 16.1. The zero-order chi connectivity index (χ0) is 18.3. The van der Waals surface area contributed by atoms with Crippen molar-refractivity contribution in [3.05, 3.63) is 0 Å². The largest absolute Gasteiger partial charge is 0.417 e. The van der Waals surface area contributed by atoms with Gasteiger partial charge < -0.3 is 13.5 Å². The Morgan fingerprint density at radius 1 is 1.13 bits per heavy atom. The van der Waals surface area contributed by atoms with Gasteiger partial charge in [0.15, 0.2) is 8.32 Å². The maximum absolute atomic E-state index is 11.9. The molecule has 0 rings (SSSR count). The highest BCUT2D eigenvalue weighted by Crippen LogP contribution is 2.46. The standard InChI is InChI=1S/C16H35O5PSi/c1-14(11-12-21-23(7,8)16(2,3)4)9-10-15(17)13-22(18,19-5)20-6/h14H,9-13H2,1-8H3. The Balaban J connectivity index is 4.12. The van der Waals surface area contributed by atoms with Crippen LogP contribution < -0.4 is 0 Å². The van der Waals surface area contributed by atoms with E-state index in [0.717, 1.165) is 19.4 Å². The van der Waals surface area contributed by atoms with Gasteiger partial charge in [-0.25, -0.2) is 0 Å². The van der Waals surface area contributed by atoms with Crippen molar-refractivity contribution < 1.29 is 22.8 Å². The quantitative estimate of drug-likeness (QED) is 0.386. The van der Waals surface area contributed by atoms with E-state index in [1.54, 1.807) is 0 Å². The third kappa shape index (κ3) is 8.59. The van der Waals surface area contributed by atoms with Gasteiger partial charge in [-0.3, -0.25) is 9.36 Å². The van der Waals surface area contributed by atoms with Crippen molar-refractivity contribution in [1.29, 1.82) is 0 Å². The van der Waals surface area contributed by atoms with Crippen molar-refractivity contribution in [1.82, 2.24) is 0 Å². The summed E-state index contributed by atoms with van der Waals surface area (Å²) in [5, 5.41) is 0.216. The summed E-state index contributed by atoms with van der Waals surface area (Å²) in [7, 11) is -2.31. The maximum Gasteiger partial charge on any atom is 0.337 e. The minimum Gasteiger partial charge on any atom is -0.417 e. The maximum atomic E-state index is 11.9. The number of ketones is 1. The molecule has 0 saturated carbocycles. The summed E-state index contributed by atoms with van der Waals surface area (Å²) in [6, 6.07) is 0. The summed E-state index contributed by atoms with van der Waals surface area (Å²) in [4.78, 5) is 11.9. The predicted molar refractivity (Wildman–Crippen MR) is 97.7 cm³/mol. The van der Waals surface area contributed by atoms with Crippen LogP contribution >= 0.6 is 7.60 Å². The van der Waals surface area contributed by atoms with Crippen LogP contribution in [0.1, 0.15) is 47.0 Å². The molecule has 0 heterocycles. The van der Waals surface area contributed by atoms with Gasteiger partial charge in [-0.1, -0.05) is 27.7 Å². The third-order valence-corrected chi connectivity index (χ3v) is 11.1. The molecule has 0 amide bonds. The van der Waals surface area contributed by atoms with Gasteiger partial charge in [0.25, 0.3) is 0 Å². The molecule has 138 valence electrons. The van der Waals surface area contributed by atoms with E-state index in [1.165, 1.54) is 14.2 Å². The summed E-state index contributed by atoms with van der Waals surface area (Å²) >= 11 is 0. The van der Waals surface area contributed by atoms with E-state index < -0.39 is 15.9 Å². The van der Waals surface area contributed by atoms with Crippen molar-refractivity contribution in [2.24, 2.45) is 5.92 Å². The number of rotatable bonds is 11. The first-order chi connectivity index (χ1) is 10.4. The van der Waals surface area contributed by atoms with E-state index in [-0.39, 0.29) is 17.0 Å². The summed E-state index contributed by atoms with van der Waals surface area (Å²) in [5.74, 6) is 0.322. The molecule has 0 saturated heterocycles. The van der Waals surface area contributed by atoms with Crippen LogP contribution in [0.3, 0.4) is 0 Å². The van der Waals surface area contributed by atoms with Gasteiger partial charge in [-0.2, -0.15) is 0 Å². The topological polar surface area (TPSA) is 61.8 Å². The van der Waals surface area contributed by atoms with Crippen molar-refractivity contribution in [2.45, 2.75) is 65.1 Å². The van der Waals surface area contributed by atoms with Crippen LogP contribution in [0.2, 0.25) is 18.1 Å². The number of Topliss-reactive ketones (excluding diaryl/α,β-unsaturated/α-hetero) is 1. The minimum absolute atomic E-state index is 0.0748. The zero-order valence-corrected chi connectivity index (χ0v) is 18.0. The van der Waals surface area contributed by atoms with Crippen LogP contribution in [-0.4, -0.2) is 41.1 Å². The molecular weight excluding hydrogens is 331 g/mol. The Morgan fingerprint density at radius 3 is 2.09 bits per heavy atom. The van der Waals surface area contributed by atoms with Gasteiger partial charge in [-0.15, -0.1) is 0 Å². The number of hydrogen-bond donors (Lipinski definition) is 0. The number of carbonyl (C=O) groups excluding carboxylic acids is 1. The Labute approximate surface area is 143 Å². The molecule has 1 atom stereocenters. The average Bonchev–Trinajstić information content (AvgIpc) is 2.43. The lowest BCUT2D eigenvalue weighted by Crippen LogP contribution is -2.41. The lowest BCUT2D eigenvalue weighted by molar-refractivity contribution is -0.117. The molecule has 23 heavy (non-hydrogen) atoms. The Kier molecular flexibility index (Phi) is 9.47. The van der Waals surface area contributed by atoms with Gasteiger partial charge >= 0.3 is 7.60 Å². The fourth-order valence-electron chi connectivity index (χ4n) is 1.78. The van der Waals surface area contributed by atoms with E-state index in [0.29, 0.717) is 12.3 Å². The van der Waals surface area contributed by atoms with Crippen molar-refractivity contribution in [3.63, 3.8) is 0 Å². The second-order valence-corrected chi connectivity index (χ2v) is 14.8. The molecular formula is C16H35O5PSi. The molecule has 1 unspecified atom stereocenters. The Morgan fingerprint density at radius 2 is 1.65 bits per heavy atom. The summed E-state index contributed by atoms with van der Waals surface area (Å²) in [6.07, 6.45) is 1.96. The molecule has 0 aromatic rings. The molecule has 0 fully saturated rings. The van der Waals surface area contributed by atoms with Crippen LogP contribution in [0, 0.1) is 5.92 Å². The molecule has 0 aliphatic rings. The third-order valence-electron chi connectivity index (χ3n) is 4.72. The fraction of sp³-hybridized carbons (Fsp3) is 0.938. The number of carbonyl (C=O) groups is 1. The van der Waals surface area contributed by atoms with E-state index in [1.807, 2.05) is 0 Å². The van der Waals surface area contributed by atoms with Crippen LogP contribution in [-0.2, 0) is 22.8 Å². The molecule has 0 aromatic carbocycles. The van der Waals surface area contributed by atoms with Gasteiger partial charge in [0.2, 0.25) is 0 Å². The Hall–Kier alpha value is -0.00312. The number of hydrogen-bond acceptors (Lipinski definition) is 5. The van der Waals surface area contributed by atoms with Crippen molar-refractivity contribution in [2.75, 3.05) is 27.0 Å². The molecule has 0 aliphatic carbocycles. The molecule has 0 bridgehead atoms. The first-order valence-electron chi connectivity index (χ1n) is 8.23. The molecule has 0 aromatic heterocycles. The van der Waals surface area contributed by atoms with Gasteiger partial charge in [0, 0.05) is 27.2 Å². The smallest absolute Gasteiger partial charge is 0.337 e.